The number of hydrogen-bond acceptors (Lipinski definition) is 16. The molecule has 0 spiro atoms. The van der Waals surface area contributed by atoms with Gasteiger partial charge >= 0.3 is 41.8 Å². The van der Waals surface area contributed by atoms with Gasteiger partial charge in [-0.3, -0.25) is 28.8 Å². The minimum atomic E-state index is -2.48. The minimum Gasteiger partial charge on any atom is -0.466 e. The summed E-state index contributed by atoms with van der Waals surface area (Å²) in [4.78, 5) is 90.2. The fraction of sp³-hybridized carbons (Fsp3) is 0.727. The van der Waals surface area contributed by atoms with Crippen LogP contribution in [-0.4, -0.2) is 107 Å². The molecule has 16 heteroatoms. The first kappa shape index (κ1) is 39.4. The van der Waals surface area contributed by atoms with Crippen molar-refractivity contribution in [1.29, 1.82) is 0 Å². The molecule has 0 aromatic rings. The first-order valence-corrected chi connectivity index (χ1v) is 16.0. The van der Waals surface area contributed by atoms with Crippen LogP contribution in [0, 0.1) is 23.2 Å². The average Bonchev–Trinajstić information content (AvgIpc) is 3.18. The quantitative estimate of drug-likeness (QED) is 0.265. The van der Waals surface area contributed by atoms with Gasteiger partial charge in [-0.05, 0) is 19.9 Å². The number of aliphatic hydroxyl groups excluding tert-OH is 1. The van der Waals surface area contributed by atoms with Crippen molar-refractivity contribution < 1.29 is 76.9 Å². The Morgan fingerprint density at radius 1 is 0.898 bits per heavy atom. The van der Waals surface area contributed by atoms with Gasteiger partial charge in [-0.25, -0.2) is 4.79 Å². The highest BCUT2D eigenvalue weighted by Crippen LogP contribution is 2.57. The Bertz CT molecular complexity index is 1370. The summed E-state index contributed by atoms with van der Waals surface area (Å²) in [6.45, 7) is 10.3. The Morgan fingerprint density at radius 2 is 1.43 bits per heavy atom. The van der Waals surface area contributed by atoms with Crippen LogP contribution < -0.4 is 0 Å². The number of hydrogen-bond donors (Lipinski definition) is 2. The van der Waals surface area contributed by atoms with Crippen LogP contribution in [0.1, 0.15) is 74.7 Å². The lowest BCUT2D eigenvalue weighted by Gasteiger charge is -2.58. The third-order valence-corrected chi connectivity index (χ3v) is 9.72. The Kier molecular flexibility index (Phi) is 12.2. The monoisotopic (exact) mass is 698 g/mol. The summed E-state index contributed by atoms with van der Waals surface area (Å²) < 4.78 is 39.5. The maximum atomic E-state index is 13.4. The van der Waals surface area contributed by atoms with Crippen molar-refractivity contribution in [3.8, 4) is 0 Å². The van der Waals surface area contributed by atoms with E-state index in [-0.39, 0.29) is 6.42 Å². The summed E-state index contributed by atoms with van der Waals surface area (Å²) in [6, 6.07) is 0. The van der Waals surface area contributed by atoms with Gasteiger partial charge in [-0.1, -0.05) is 13.8 Å². The molecule has 12 atom stereocenters. The number of ether oxygens (including phenoxy) is 7. The van der Waals surface area contributed by atoms with Crippen LogP contribution in [-0.2, 0) is 66.7 Å². The molecule has 1 saturated heterocycles. The Morgan fingerprint density at radius 3 is 1.92 bits per heavy atom. The van der Waals surface area contributed by atoms with Gasteiger partial charge in [0.1, 0.15) is 30.5 Å². The SMILES string of the molecule is COC(=O)/C1=C/C2OC(=O)C(C)C2(O)[C@@H](OC(C)=O)C2[C@@H](C)C(OC(C)=O)CC(OC(C)=O)[C@]2(C)[C@@H](OC(C)=O)C[C@H]1OC(=O)C[C@H](C)O. The first-order valence-electron chi connectivity index (χ1n) is 16.0. The van der Waals surface area contributed by atoms with Crippen molar-refractivity contribution >= 4 is 41.8 Å². The molecule has 2 fully saturated rings. The lowest BCUT2D eigenvalue weighted by atomic mass is 9.52. The van der Waals surface area contributed by atoms with E-state index in [4.69, 9.17) is 33.2 Å². The van der Waals surface area contributed by atoms with Gasteiger partial charge in [0.15, 0.2) is 11.7 Å². The summed E-state index contributed by atoms with van der Waals surface area (Å²) in [6.07, 6.45) is -10.1. The van der Waals surface area contributed by atoms with Gasteiger partial charge in [0, 0.05) is 57.8 Å². The van der Waals surface area contributed by atoms with Crippen molar-refractivity contribution in [2.24, 2.45) is 23.2 Å². The normalized spacial score (nSPS) is 37.3. The van der Waals surface area contributed by atoms with Crippen LogP contribution in [0.3, 0.4) is 0 Å². The van der Waals surface area contributed by atoms with E-state index in [1.54, 1.807) is 6.92 Å². The number of esters is 7. The molecule has 2 N–H and O–H groups in total. The van der Waals surface area contributed by atoms with Crippen molar-refractivity contribution in [3.05, 3.63) is 11.6 Å². The first-order chi connectivity index (χ1) is 22.7. The Hall–Kier alpha value is -4.05. The molecule has 0 radical (unpaired) electrons. The van der Waals surface area contributed by atoms with E-state index in [0.717, 1.165) is 34.0 Å². The van der Waals surface area contributed by atoms with E-state index in [0.29, 0.717) is 0 Å². The van der Waals surface area contributed by atoms with Crippen molar-refractivity contribution in [2.75, 3.05) is 7.11 Å². The van der Waals surface area contributed by atoms with Crippen LogP contribution in [0.2, 0.25) is 0 Å². The topological polar surface area (TPSA) is 225 Å². The molecule has 274 valence electrons. The molecule has 1 heterocycles. The molecule has 3 aliphatic rings. The Labute approximate surface area is 283 Å². The van der Waals surface area contributed by atoms with Crippen molar-refractivity contribution in [3.63, 3.8) is 0 Å². The van der Waals surface area contributed by atoms with Crippen LogP contribution in [0.4, 0.5) is 0 Å². The molecule has 49 heavy (non-hydrogen) atoms. The molecule has 6 unspecified atom stereocenters. The lowest BCUT2D eigenvalue weighted by molar-refractivity contribution is -0.254. The van der Waals surface area contributed by atoms with E-state index < -0.39 is 132 Å². The maximum Gasteiger partial charge on any atom is 0.337 e. The summed E-state index contributed by atoms with van der Waals surface area (Å²) in [5.74, 6) is -9.77. The number of carbonyl (C=O) groups is 7. The van der Waals surface area contributed by atoms with E-state index in [1.807, 2.05) is 0 Å². The van der Waals surface area contributed by atoms with Crippen molar-refractivity contribution in [2.45, 2.75) is 123 Å². The smallest absolute Gasteiger partial charge is 0.337 e. The largest absolute Gasteiger partial charge is 0.466 e. The van der Waals surface area contributed by atoms with Gasteiger partial charge < -0.3 is 43.4 Å². The Balaban J connectivity index is 2.53. The second-order valence-electron chi connectivity index (χ2n) is 13.2. The minimum absolute atomic E-state index is 0.156. The van der Waals surface area contributed by atoms with Crippen LogP contribution in [0.15, 0.2) is 11.6 Å². The van der Waals surface area contributed by atoms with E-state index in [9.17, 15) is 43.8 Å². The molecule has 0 aromatic heterocycles. The molecular formula is C33H46O16. The predicted molar refractivity (Wildman–Crippen MR) is 162 cm³/mol. The molecule has 3 rings (SSSR count). The maximum absolute atomic E-state index is 13.4. The zero-order valence-electron chi connectivity index (χ0n) is 29.1. The van der Waals surface area contributed by atoms with Gasteiger partial charge in [-0.15, -0.1) is 0 Å². The van der Waals surface area contributed by atoms with Crippen LogP contribution >= 0.6 is 0 Å². The molecule has 0 amide bonds. The third kappa shape index (κ3) is 8.06. The number of rotatable bonds is 8. The highest BCUT2D eigenvalue weighted by atomic mass is 16.6. The van der Waals surface area contributed by atoms with E-state index in [1.165, 1.54) is 27.7 Å². The third-order valence-electron chi connectivity index (χ3n) is 9.72. The number of aliphatic hydroxyl groups is 2. The van der Waals surface area contributed by atoms with E-state index >= 15 is 0 Å². The number of fused-ring (bicyclic) bond motifs is 2. The van der Waals surface area contributed by atoms with Gasteiger partial charge in [0.25, 0.3) is 0 Å². The fourth-order valence-corrected chi connectivity index (χ4v) is 7.52. The zero-order valence-corrected chi connectivity index (χ0v) is 29.1. The second kappa shape index (κ2) is 15.2. The van der Waals surface area contributed by atoms with Gasteiger partial charge in [0.05, 0.1) is 31.1 Å². The zero-order chi connectivity index (χ0) is 37.2. The number of carbonyl (C=O) groups excluding carboxylic acids is 7. The predicted octanol–water partition coefficient (Wildman–Crippen LogP) is 0.854. The molecule has 1 saturated carbocycles. The fourth-order valence-electron chi connectivity index (χ4n) is 7.52. The average molecular weight is 699 g/mol. The lowest BCUT2D eigenvalue weighted by Crippen LogP contribution is -2.69. The highest BCUT2D eigenvalue weighted by Gasteiger charge is 2.70. The summed E-state index contributed by atoms with van der Waals surface area (Å²) in [7, 11) is 1.03. The molecular weight excluding hydrogens is 652 g/mol. The second-order valence-corrected chi connectivity index (χ2v) is 13.2. The van der Waals surface area contributed by atoms with Gasteiger partial charge in [0.2, 0.25) is 0 Å². The van der Waals surface area contributed by atoms with Crippen molar-refractivity contribution in [1.82, 2.24) is 0 Å². The molecule has 16 nitrogen and oxygen atoms in total. The molecule has 0 aromatic carbocycles. The molecule has 2 aliphatic carbocycles. The molecule has 1 aliphatic heterocycles. The van der Waals surface area contributed by atoms with Crippen LogP contribution in [0.5, 0.6) is 0 Å². The summed E-state index contributed by atoms with van der Waals surface area (Å²) >= 11 is 0. The molecule has 0 bridgehead atoms. The van der Waals surface area contributed by atoms with Gasteiger partial charge in [-0.2, -0.15) is 0 Å². The van der Waals surface area contributed by atoms with Crippen LogP contribution in [0.25, 0.3) is 0 Å². The standard InChI is InChI=1S/C33H46O16/c1-14(34)10-27(39)48-23-13-25(46-19(6)37)32(8)24(45-18(5)36)12-22(44-17(4)35)15(2)28(32)29(47-20(7)38)33(42)16(3)30(40)49-26(33)11-21(23)31(41)43-9/h11,14-16,22-26,28-29,34,42H,10,12-13H2,1-9H3/b21-11+/t14-,15-,16?,22?,23+,24?,25-,26?,28?,29-,32+,33?/m0/s1. The highest BCUT2D eigenvalue weighted by molar-refractivity contribution is 5.90. The summed E-state index contributed by atoms with van der Waals surface area (Å²) in [5, 5.41) is 22.6. The number of methoxy groups -OCH3 is 1. The summed E-state index contributed by atoms with van der Waals surface area (Å²) in [5.41, 5.74) is -4.61. The van der Waals surface area contributed by atoms with E-state index in [2.05, 4.69) is 0 Å².